The number of hydrogen-bond acceptors (Lipinski definition) is 4. The zero-order valence-electron chi connectivity index (χ0n) is 10.0. The van der Waals surface area contributed by atoms with E-state index in [1.807, 2.05) is 54.6 Å². The molecule has 0 saturated heterocycles. The van der Waals surface area contributed by atoms with E-state index in [1.165, 1.54) is 5.01 Å². The second-order valence-corrected chi connectivity index (χ2v) is 4.04. The first-order chi connectivity index (χ1) is 9.38. The maximum atomic E-state index is 11.0. The Labute approximate surface area is 109 Å². The highest BCUT2D eigenvalue weighted by Crippen LogP contribution is 2.16. The Morgan fingerprint density at radius 3 is 2.58 bits per heavy atom. The summed E-state index contributed by atoms with van der Waals surface area (Å²) >= 11 is 0. The molecule has 2 aromatic carbocycles. The molecule has 0 radical (unpaired) electrons. The van der Waals surface area contributed by atoms with Crippen LogP contribution in [0.15, 0.2) is 59.9 Å². The van der Waals surface area contributed by atoms with E-state index in [1.54, 1.807) is 4.68 Å². The van der Waals surface area contributed by atoms with E-state index in [0.29, 0.717) is 0 Å². The molecular formula is C13H11N5O. The minimum absolute atomic E-state index is 0.230. The highest BCUT2D eigenvalue weighted by Gasteiger charge is 2.10. The first-order valence-corrected chi connectivity index (χ1v) is 5.82. The fourth-order valence-electron chi connectivity index (χ4n) is 1.90. The molecule has 0 unspecified atom stereocenters. The van der Waals surface area contributed by atoms with Crippen molar-refractivity contribution < 1.29 is 0 Å². The molecule has 0 fully saturated rings. The van der Waals surface area contributed by atoms with Crippen molar-refractivity contribution in [1.29, 1.82) is 0 Å². The molecule has 0 atom stereocenters. The second-order valence-electron chi connectivity index (χ2n) is 4.04. The summed E-state index contributed by atoms with van der Waals surface area (Å²) in [4.78, 5) is 11.0. The Balaban J connectivity index is 1.93. The van der Waals surface area contributed by atoms with E-state index >= 15 is 0 Å². The van der Waals surface area contributed by atoms with Crippen LogP contribution in [0.3, 0.4) is 0 Å². The highest BCUT2D eigenvalue weighted by molar-refractivity contribution is 5.73. The number of nitrogens with zero attached hydrogens (tertiary/aromatic N) is 5. The monoisotopic (exact) mass is 253 g/mol. The maximum Gasteiger partial charge on any atom is 0.139 e. The molecule has 0 aliphatic carbocycles. The van der Waals surface area contributed by atoms with Gasteiger partial charge in [-0.25, -0.2) is 9.69 Å². The largest absolute Gasteiger partial charge is 0.223 e. The number of aromatic nitrogens is 3. The van der Waals surface area contributed by atoms with Crippen molar-refractivity contribution in [2.24, 2.45) is 5.29 Å². The lowest BCUT2D eigenvalue weighted by Crippen LogP contribution is -2.20. The number of fused-ring (bicyclic) bond motifs is 1. The van der Waals surface area contributed by atoms with Crippen LogP contribution < -0.4 is 5.01 Å². The van der Waals surface area contributed by atoms with Gasteiger partial charge in [-0.15, -0.1) is 10.0 Å². The van der Waals surface area contributed by atoms with E-state index in [9.17, 15) is 4.91 Å². The lowest BCUT2D eigenvalue weighted by atomic mass is 10.3. The molecule has 0 saturated carbocycles. The smallest absolute Gasteiger partial charge is 0.139 e. The van der Waals surface area contributed by atoms with Crippen molar-refractivity contribution in [1.82, 2.24) is 15.0 Å². The Hall–Kier alpha value is -2.76. The van der Waals surface area contributed by atoms with E-state index in [0.717, 1.165) is 16.7 Å². The quantitative estimate of drug-likeness (QED) is 0.529. The van der Waals surface area contributed by atoms with Gasteiger partial charge in [-0.2, -0.15) is 0 Å². The van der Waals surface area contributed by atoms with Crippen LogP contribution in [0.5, 0.6) is 0 Å². The molecule has 1 aromatic heterocycles. The van der Waals surface area contributed by atoms with Crippen molar-refractivity contribution in [3.05, 3.63) is 59.5 Å². The molecule has 0 aliphatic rings. The fourth-order valence-corrected chi connectivity index (χ4v) is 1.90. The zero-order valence-corrected chi connectivity index (χ0v) is 10.0. The summed E-state index contributed by atoms with van der Waals surface area (Å²) in [5, 5.41) is 12.4. The summed E-state index contributed by atoms with van der Waals surface area (Å²) in [6.07, 6.45) is 0. The van der Waals surface area contributed by atoms with Gasteiger partial charge in [0.2, 0.25) is 0 Å². The number of rotatable bonds is 4. The van der Waals surface area contributed by atoms with Crippen molar-refractivity contribution in [2.45, 2.75) is 6.67 Å². The molecule has 19 heavy (non-hydrogen) atoms. The summed E-state index contributed by atoms with van der Waals surface area (Å²) in [5.74, 6) is 0. The predicted molar refractivity (Wildman–Crippen MR) is 72.2 cm³/mol. The van der Waals surface area contributed by atoms with Gasteiger partial charge < -0.3 is 0 Å². The molecule has 0 aliphatic heterocycles. The molecule has 3 aromatic rings. The van der Waals surface area contributed by atoms with Gasteiger partial charge in [0, 0.05) is 0 Å². The molecule has 94 valence electrons. The Morgan fingerprint density at radius 1 is 1.05 bits per heavy atom. The number of para-hydroxylation sites is 2. The normalized spacial score (nSPS) is 10.5. The van der Waals surface area contributed by atoms with E-state index in [2.05, 4.69) is 15.6 Å². The molecule has 0 amide bonds. The summed E-state index contributed by atoms with van der Waals surface area (Å²) in [5.41, 5.74) is 2.38. The average molecular weight is 253 g/mol. The topological polar surface area (TPSA) is 63.4 Å². The van der Waals surface area contributed by atoms with Gasteiger partial charge >= 0.3 is 0 Å². The van der Waals surface area contributed by atoms with Crippen LogP contribution in [0.4, 0.5) is 5.69 Å². The lowest BCUT2D eigenvalue weighted by molar-refractivity contribution is 0.581. The van der Waals surface area contributed by atoms with Crippen LogP contribution >= 0.6 is 0 Å². The van der Waals surface area contributed by atoms with Crippen LogP contribution in [0, 0.1) is 4.91 Å². The number of nitroso groups, excluding NO2 is 1. The van der Waals surface area contributed by atoms with E-state index in [-0.39, 0.29) is 6.67 Å². The Bertz CT molecular complexity index is 694. The van der Waals surface area contributed by atoms with Gasteiger partial charge in [0.25, 0.3) is 0 Å². The first-order valence-electron chi connectivity index (χ1n) is 5.82. The standard InChI is InChI=1S/C13H11N5O/c19-16-17(11-6-2-1-3-7-11)10-18-13-9-5-4-8-12(13)14-15-18/h1-9H,10H2. The molecule has 3 rings (SSSR count). The maximum absolute atomic E-state index is 11.0. The third kappa shape index (κ3) is 2.15. The lowest BCUT2D eigenvalue weighted by Gasteiger charge is -2.14. The number of benzene rings is 2. The molecule has 0 N–H and O–H groups in total. The highest BCUT2D eigenvalue weighted by atomic mass is 16.3. The molecule has 1 heterocycles. The van der Waals surface area contributed by atoms with Crippen molar-refractivity contribution >= 4 is 16.7 Å². The Kier molecular flexibility index (Phi) is 2.89. The number of anilines is 1. The summed E-state index contributed by atoms with van der Waals surface area (Å²) in [6.45, 7) is 0.230. The molecule has 0 bridgehead atoms. The van der Waals surface area contributed by atoms with Gasteiger partial charge in [-0.1, -0.05) is 35.5 Å². The second kappa shape index (κ2) is 4.85. The average Bonchev–Trinajstić information content (AvgIpc) is 2.89. The van der Waals surface area contributed by atoms with Crippen LogP contribution in [0.1, 0.15) is 0 Å². The van der Waals surface area contributed by atoms with Gasteiger partial charge in [-0.3, -0.25) is 0 Å². The molecular weight excluding hydrogens is 242 g/mol. The van der Waals surface area contributed by atoms with Gasteiger partial charge in [-0.05, 0) is 24.3 Å². The van der Waals surface area contributed by atoms with E-state index < -0.39 is 0 Å². The van der Waals surface area contributed by atoms with Gasteiger partial charge in [0.1, 0.15) is 12.2 Å². The van der Waals surface area contributed by atoms with Crippen LogP contribution in [-0.2, 0) is 6.67 Å². The molecule has 6 nitrogen and oxygen atoms in total. The summed E-state index contributed by atoms with van der Waals surface area (Å²) in [6, 6.07) is 16.8. The Morgan fingerprint density at radius 2 is 1.79 bits per heavy atom. The van der Waals surface area contributed by atoms with E-state index in [4.69, 9.17) is 0 Å². The number of hydrogen-bond donors (Lipinski definition) is 0. The van der Waals surface area contributed by atoms with Crippen LogP contribution in [0.25, 0.3) is 11.0 Å². The van der Waals surface area contributed by atoms with Crippen molar-refractivity contribution in [2.75, 3.05) is 5.01 Å². The van der Waals surface area contributed by atoms with Crippen LogP contribution in [0.2, 0.25) is 0 Å². The minimum atomic E-state index is 0.230. The van der Waals surface area contributed by atoms with Crippen LogP contribution in [-0.4, -0.2) is 15.0 Å². The van der Waals surface area contributed by atoms with Gasteiger partial charge in [0.15, 0.2) is 0 Å². The van der Waals surface area contributed by atoms with Gasteiger partial charge in [0.05, 0.1) is 16.5 Å². The van der Waals surface area contributed by atoms with Crippen molar-refractivity contribution in [3.63, 3.8) is 0 Å². The summed E-state index contributed by atoms with van der Waals surface area (Å²) < 4.78 is 1.64. The zero-order chi connectivity index (χ0) is 13.1. The third-order valence-corrected chi connectivity index (χ3v) is 2.84. The summed E-state index contributed by atoms with van der Waals surface area (Å²) in [7, 11) is 0. The minimum Gasteiger partial charge on any atom is -0.223 e. The molecule has 0 spiro atoms. The fraction of sp³-hybridized carbons (Fsp3) is 0.0769. The molecule has 6 heteroatoms. The SMILES string of the molecule is O=NN(Cn1nnc2ccccc21)c1ccccc1. The first kappa shape index (κ1) is 11.3. The third-order valence-electron chi connectivity index (χ3n) is 2.84. The van der Waals surface area contributed by atoms with Crippen molar-refractivity contribution in [3.8, 4) is 0 Å². The predicted octanol–water partition coefficient (Wildman–Crippen LogP) is 2.58.